The summed E-state index contributed by atoms with van der Waals surface area (Å²) in [4.78, 5) is 23.0. The minimum absolute atomic E-state index is 0.206. The van der Waals surface area contributed by atoms with Gasteiger partial charge in [0, 0.05) is 19.3 Å². The molecule has 1 amide bonds. The maximum absolute atomic E-state index is 12.0. The summed E-state index contributed by atoms with van der Waals surface area (Å²) < 4.78 is 3.02. The van der Waals surface area contributed by atoms with Crippen LogP contribution in [0.3, 0.4) is 0 Å². The van der Waals surface area contributed by atoms with E-state index >= 15 is 0 Å². The molecule has 4 N–H and O–H groups in total. The van der Waals surface area contributed by atoms with Crippen molar-refractivity contribution >= 4 is 43.7 Å². The number of amides is 1. The Bertz CT molecular complexity index is 620. The second-order valence-electron chi connectivity index (χ2n) is 4.23. The van der Waals surface area contributed by atoms with Crippen LogP contribution in [0.1, 0.15) is 22.7 Å². The number of aromatic nitrogens is 4. The Morgan fingerprint density at radius 3 is 2.85 bits per heavy atom. The maximum atomic E-state index is 12.0. The number of H-pyrrole nitrogens is 1. The van der Waals surface area contributed by atoms with E-state index in [9.17, 15) is 4.79 Å². The number of nitrogens with two attached hydrogens (primary N) is 1. The molecular formula is C11H14Br2N6O. The topological polar surface area (TPSA) is 102 Å². The highest BCUT2D eigenvalue weighted by Gasteiger charge is 2.16. The van der Waals surface area contributed by atoms with Gasteiger partial charge in [-0.2, -0.15) is 0 Å². The maximum Gasteiger partial charge on any atom is 0.287 e. The summed E-state index contributed by atoms with van der Waals surface area (Å²) in [7, 11) is 1.77. The van der Waals surface area contributed by atoms with Crippen molar-refractivity contribution < 1.29 is 4.79 Å². The number of hydrogen-bond acceptors (Lipinski definition) is 4. The lowest BCUT2D eigenvalue weighted by molar-refractivity contribution is 0.0939. The van der Waals surface area contributed by atoms with Crippen LogP contribution in [-0.2, 0) is 13.5 Å². The molecule has 9 heteroatoms. The molecule has 2 aromatic heterocycles. The van der Waals surface area contributed by atoms with Crippen molar-refractivity contribution in [3.05, 3.63) is 26.9 Å². The Hall–Kier alpha value is -1.35. The van der Waals surface area contributed by atoms with Crippen molar-refractivity contribution in [2.75, 3.05) is 12.3 Å². The SMILES string of the molecule is Cn1c(C(=O)NCCCc2cnc(N)[nH]2)nc(Br)c1Br. The summed E-state index contributed by atoms with van der Waals surface area (Å²) >= 11 is 6.60. The van der Waals surface area contributed by atoms with Crippen LogP contribution in [0.2, 0.25) is 0 Å². The third kappa shape index (κ3) is 3.40. The molecule has 0 unspecified atom stereocenters. The molecular weight excluding hydrogens is 392 g/mol. The predicted molar refractivity (Wildman–Crippen MR) is 82.3 cm³/mol. The minimum atomic E-state index is -0.206. The zero-order chi connectivity index (χ0) is 14.7. The number of nitrogens with zero attached hydrogens (tertiary/aromatic N) is 3. The van der Waals surface area contributed by atoms with E-state index in [0.717, 1.165) is 23.1 Å². The van der Waals surface area contributed by atoms with E-state index in [1.165, 1.54) is 0 Å². The average molecular weight is 406 g/mol. The summed E-state index contributed by atoms with van der Waals surface area (Å²) in [5, 5.41) is 2.83. The van der Waals surface area contributed by atoms with E-state index in [-0.39, 0.29) is 5.91 Å². The van der Waals surface area contributed by atoms with E-state index in [2.05, 4.69) is 52.1 Å². The highest BCUT2D eigenvalue weighted by atomic mass is 79.9. The second-order valence-corrected chi connectivity index (χ2v) is 5.73. The molecule has 0 radical (unpaired) electrons. The van der Waals surface area contributed by atoms with Crippen LogP contribution in [0.5, 0.6) is 0 Å². The molecule has 0 atom stereocenters. The Balaban J connectivity index is 1.82. The van der Waals surface area contributed by atoms with Gasteiger partial charge in [-0.3, -0.25) is 4.79 Å². The monoisotopic (exact) mass is 404 g/mol. The molecule has 0 spiro atoms. The fraction of sp³-hybridized carbons (Fsp3) is 0.364. The first-order valence-electron chi connectivity index (χ1n) is 5.94. The molecule has 7 nitrogen and oxygen atoms in total. The van der Waals surface area contributed by atoms with Gasteiger partial charge in [-0.05, 0) is 44.7 Å². The molecule has 0 aliphatic carbocycles. The number of anilines is 1. The standard InChI is InChI=1S/C11H14Br2N6O/c1-19-8(13)7(12)18-9(19)10(20)15-4-2-3-6-5-16-11(14)17-6/h5H,2-4H2,1H3,(H,15,20)(H3,14,16,17). The van der Waals surface area contributed by atoms with Gasteiger partial charge in [-0.25, -0.2) is 9.97 Å². The lowest BCUT2D eigenvalue weighted by Crippen LogP contribution is -2.27. The van der Waals surface area contributed by atoms with Crippen LogP contribution in [-0.4, -0.2) is 32.0 Å². The minimum Gasteiger partial charge on any atom is -0.369 e. The molecule has 0 aliphatic rings. The van der Waals surface area contributed by atoms with Gasteiger partial charge in [0.2, 0.25) is 5.82 Å². The van der Waals surface area contributed by atoms with Gasteiger partial charge in [-0.15, -0.1) is 0 Å². The summed E-state index contributed by atoms with van der Waals surface area (Å²) in [5.74, 6) is 0.560. The van der Waals surface area contributed by atoms with E-state index in [4.69, 9.17) is 5.73 Å². The van der Waals surface area contributed by atoms with Crippen molar-refractivity contribution in [3.63, 3.8) is 0 Å². The van der Waals surface area contributed by atoms with Crippen LogP contribution >= 0.6 is 31.9 Å². The van der Waals surface area contributed by atoms with Crippen LogP contribution in [0, 0.1) is 0 Å². The number of aryl methyl sites for hydroxylation is 1. The van der Waals surface area contributed by atoms with Crippen LogP contribution < -0.4 is 11.1 Å². The highest BCUT2D eigenvalue weighted by molar-refractivity contribution is 9.13. The number of halogens is 2. The number of carbonyl (C=O) groups excluding carboxylic acids is 1. The Morgan fingerprint density at radius 2 is 2.30 bits per heavy atom. The molecule has 0 aromatic carbocycles. The first-order valence-corrected chi connectivity index (χ1v) is 7.53. The first-order chi connectivity index (χ1) is 9.49. The lowest BCUT2D eigenvalue weighted by atomic mass is 10.2. The summed E-state index contributed by atoms with van der Waals surface area (Å²) in [6.45, 7) is 0.555. The summed E-state index contributed by atoms with van der Waals surface area (Å²) in [6, 6.07) is 0. The van der Waals surface area contributed by atoms with Gasteiger partial charge in [0.05, 0.1) is 6.20 Å². The fourth-order valence-corrected chi connectivity index (χ4v) is 2.40. The normalized spacial score (nSPS) is 10.8. The van der Waals surface area contributed by atoms with Gasteiger partial charge < -0.3 is 20.6 Å². The van der Waals surface area contributed by atoms with Gasteiger partial charge in [-0.1, -0.05) is 0 Å². The van der Waals surface area contributed by atoms with E-state index in [0.29, 0.717) is 22.9 Å². The number of nitrogens with one attached hydrogen (secondary N) is 2. The lowest BCUT2D eigenvalue weighted by Gasteiger charge is -2.04. The zero-order valence-corrected chi connectivity index (χ0v) is 14.0. The number of aromatic amines is 1. The quantitative estimate of drug-likeness (QED) is 0.657. The van der Waals surface area contributed by atoms with Crippen LogP contribution in [0.15, 0.2) is 15.4 Å². The molecule has 2 rings (SSSR count). The molecule has 0 bridgehead atoms. The second kappa shape index (κ2) is 6.40. The van der Waals surface area contributed by atoms with Crippen molar-refractivity contribution in [2.24, 2.45) is 7.05 Å². The largest absolute Gasteiger partial charge is 0.369 e. The third-order valence-corrected chi connectivity index (χ3v) is 4.74. The zero-order valence-electron chi connectivity index (χ0n) is 10.8. The van der Waals surface area contributed by atoms with E-state index in [1.54, 1.807) is 17.8 Å². The summed E-state index contributed by atoms with van der Waals surface area (Å²) in [5.41, 5.74) is 6.44. The molecule has 2 heterocycles. The molecule has 2 aromatic rings. The highest BCUT2D eigenvalue weighted by Crippen LogP contribution is 2.22. The van der Waals surface area contributed by atoms with Crippen molar-refractivity contribution in [3.8, 4) is 0 Å². The summed E-state index contributed by atoms with van der Waals surface area (Å²) in [6.07, 6.45) is 3.27. The molecule has 108 valence electrons. The van der Waals surface area contributed by atoms with Crippen LogP contribution in [0.25, 0.3) is 0 Å². The Labute approximate surface area is 132 Å². The average Bonchev–Trinajstić information content (AvgIpc) is 2.94. The molecule has 0 saturated heterocycles. The van der Waals surface area contributed by atoms with Gasteiger partial charge >= 0.3 is 0 Å². The molecule has 0 saturated carbocycles. The van der Waals surface area contributed by atoms with E-state index < -0.39 is 0 Å². The first kappa shape index (κ1) is 15.0. The smallest absolute Gasteiger partial charge is 0.287 e. The van der Waals surface area contributed by atoms with Gasteiger partial charge in [0.25, 0.3) is 5.91 Å². The molecule has 20 heavy (non-hydrogen) atoms. The van der Waals surface area contributed by atoms with Crippen LogP contribution in [0.4, 0.5) is 5.95 Å². The van der Waals surface area contributed by atoms with Crippen molar-refractivity contribution in [2.45, 2.75) is 12.8 Å². The van der Waals surface area contributed by atoms with Gasteiger partial charge in [0.1, 0.15) is 9.21 Å². The number of hydrogen-bond donors (Lipinski definition) is 3. The molecule has 0 aliphatic heterocycles. The number of rotatable bonds is 5. The fourth-order valence-electron chi connectivity index (χ4n) is 1.71. The third-order valence-electron chi connectivity index (χ3n) is 2.75. The van der Waals surface area contributed by atoms with Crippen molar-refractivity contribution in [1.82, 2.24) is 24.8 Å². The van der Waals surface area contributed by atoms with E-state index in [1.807, 2.05) is 0 Å². The Morgan fingerprint density at radius 1 is 1.55 bits per heavy atom. The Kier molecular flexibility index (Phi) is 4.81. The number of nitrogen functional groups attached to an aromatic ring is 1. The number of imidazole rings is 2. The van der Waals surface area contributed by atoms with Gasteiger partial charge in [0.15, 0.2) is 5.95 Å². The number of carbonyl (C=O) groups is 1. The molecule has 0 fully saturated rings. The van der Waals surface area contributed by atoms with Crippen molar-refractivity contribution in [1.29, 1.82) is 0 Å². The predicted octanol–water partition coefficient (Wildman–Crippen LogP) is 1.61.